The Bertz CT molecular complexity index is 752. The molecule has 0 saturated carbocycles. The molecule has 4 nitrogen and oxygen atoms in total. The lowest BCUT2D eigenvalue weighted by Crippen LogP contribution is -2.37. The van der Waals surface area contributed by atoms with Crippen molar-refractivity contribution in [2.45, 2.75) is 39.3 Å². The Kier molecular flexibility index (Phi) is 7.04. The summed E-state index contributed by atoms with van der Waals surface area (Å²) in [7, 11) is 0. The Morgan fingerprint density at radius 1 is 1.18 bits per heavy atom. The summed E-state index contributed by atoms with van der Waals surface area (Å²) < 4.78 is 24.6. The highest BCUT2D eigenvalue weighted by molar-refractivity contribution is 5.94. The third kappa shape index (κ3) is 5.80. The van der Waals surface area contributed by atoms with Crippen LogP contribution in [-0.4, -0.2) is 36.7 Å². The molecule has 2 aromatic rings. The van der Waals surface area contributed by atoms with Gasteiger partial charge in [0.05, 0.1) is 12.7 Å². The van der Waals surface area contributed by atoms with Crippen molar-refractivity contribution < 1.29 is 18.7 Å². The fourth-order valence-corrected chi connectivity index (χ4v) is 3.20. The van der Waals surface area contributed by atoms with Crippen LogP contribution in [0.2, 0.25) is 0 Å². The molecular formula is C23H28FNO3. The first kappa shape index (κ1) is 20.3. The summed E-state index contributed by atoms with van der Waals surface area (Å²) in [6.45, 7) is 6.52. The summed E-state index contributed by atoms with van der Waals surface area (Å²) in [6, 6.07) is 13.5. The smallest absolute Gasteiger partial charge is 0.254 e. The monoisotopic (exact) mass is 385 g/mol. The summed E-state index contributed by atoms with van der Waals surface area (Å²) in [6.07, 6.45) is 2.03. The molecule has 0 radical (unpaired) electrons. The summed E-state index contributed by atoms with van der Waals surface area (Å²) in [5, 5.41) is 0. The van der Waals surface area contributed by atoms with Gasteiger partial charge in [0.1, 0.15) is 11.6 Å². The Labute approximate surface area is 166 Å². The van der Waals surface area contributed by atoms with Gasteiger partial charge in [0, 0.05) is 25.3 Å². The van der Waals surface area contributed by atoms with Crippen molar-refractivity contribution in [3.05, 3.63) is 65.5 Å². The summed E-state index contributed by atoms with van der Waals surface area (Å²) in [5.74, 6) is 0.862. The molecule has 0 aliphatic carbocycles. The first-order valence-electron chi connectivity index (χ1n) is 9.89. The summed E-state index contributed by atoms with van der Waals surface area (Å²) in [4.78, 5) is 14.9. The molecule has 0 N–H and O–H groups in total. The molecule has 1 fully saturated rings. The van der Waals surface area contributed by atoms with Crippen molar-refractivity contribution in [3.8, 4) is 5.75 Å². The van der Waals surface area contributed by atoms with Crippen LogP contribution in [0.4, 0.5) is 4.39 Å². The second-order valence-electron chi connectivity index (χ2n) is 7.68. The van der Waals surface area contributed by atoms with E-state index in [-0.39, 0.29) is 17.8 Å². The normalized spacial score (nSPS) is 16.4. The predicted molar refractivity (Wildman–Crippen MR) is 107 cm³/mol. The van der Waals surface area contributed by atoms with Crippen molar-refractivity contribution in [1.29, 1.82) is 0 Å². The van der Waals surface area contributed by atoms with Gasteiger partial charge in [-0.05, 0) is 60.7 Å². The summed E-state index contributed by atoms with van der Waals surface area (Å²) in [5.41, 5.74) is 1.50. The zero-order chi connectivity index (χ0) is 19.9. The number of nitrogens with zero attached hydrogens (tertiary/aromatic N) is 1. The second kappa shape index (κ2) is 9.69. The van der Waals surface area contributed by atoms with Gasteiger partial charge in [0.2, 0.25) is 0 Å². The third-order valence-corrected chi connectivity index (χ3v) is 4.71. The molecule has 28 heavy (non-hydrogen) atoms. The van der Waals surface area contributed by atoms with Crippen LogP contribution in [0.1, 0.15) is 42.6 Å². The molecule has 1 unspecified atom stereocenters. The number of benzene rings is 2. The fourth-order valence-electron chi connectivity index (χ4n) is 3.20. The van der Waals surface area contributed by atoms with Gasteiger partial charge in [-0.25, -0.2) is 4.39 Å². The van der Waals surface area contributed by atoms with Crippen molar-refractivity contribution in [3.63, 3.8) is 0 Å². The van der Waals surface area contributed by atoms with Gasteiger partial charge in [0.15, 0.2) is 0 Å². The SMILES string of the molecule is CC(C)COc1ccc(C(=O)N(Cc2ccc(F)cc2)CC2CCCO2)cc1. The van der Waals surface area contributed by atoms with E-state index in [0.717, 1.165) is 30.8 Å². The van der Waals surface area contributed by atoms with Crippen molar-refractivity contribution in [1.82, 2.24) is 4.90 Å². The largest absolute Gasteiger partial charge is 0.493 e. The van der Waals surface area contributed by atoms with Crippen molar-refractivity contribution >= 4 is 5.91 Å². The molecular weight excluding hydrogens is 357 g/mol. The van der Waals surface area contributed by atoms with E-state index in [2.05, 4.69) is 13.8 Å². The van der Waals surface area contributed by atoms with Crippen LogP contribution < -0.4 is 4.74 Å². The molecule has 150 valence electrons. The zero-order valence-electron chi connectivity index (χ0n) is 16.6. The number of carbonyl (C=O) groups excluding carboxylic acids is 1. The molecule has 1 atom stereocenters. The van der Waals surface area contributed by atoms with E-state index < -0.39 is 0 Å². The molecule has 3 rings (SSSR count). The molecule has 5 heteroatoms. The van der Waals surface area contributed by atoms with Crippen molar-refractivity contribution in [2.75, 3.05) is 19.8 Å². The predicted octanol–water partition coefficient (Wildman–Crippen LogP) is 4.68. The standard InChI is InChI=1S/C23H28FNO3/c1-17(2)16-28-21-11-7-19(8-12-21)23(26)25(15-22-4-3-13-27-22)14-18-5-9-20(24)10-6-18/h5-12,17,22H,3-4,13-16H2,1-2H3. The minimum absolute atomic E-state index is 0.0537. The molecule has 0 aromatic heterocycles. The number of rotatable bonds is 8. The molecule has 1 saturated heterocycles. The van der Waals surface area contributed by atoms with Gasteiger partial charge in [-0.2, -0.15) is 0 Å². The Morgan fingerprint density at radius 2 is 1.89 bits per heavy atom. The van der Waals surface area contributed by atoms with Crippen LogP contribution in [-0.2, 0) is 11.3 Å². The van der Waals surface area contributed by atoms with Crippen LogP contribution >= 0.6 is 0 Å². The maximum Gasteiger partial charge on any atom is 0.254 e. The van der Waals surface area contributed by atoms with Crippen LogP contribution in [0.25, 0.3) is 0 Å². The lowest BCUT2D eigenvalue weighted by Gasteiger charge is -2.26. The number of hydrogen-bond donors (Lipinski definition) is 0. The van der Waals surface area contributed by atoms with Gasteiger partial charge in [-0.15, -0.1) is 0 Å². The molecule has 1 amide bonds. The molecule has 1 aliphatic rings. The molecule has 2 aromatic carbocycles. The molecule has 1 heterocycles. The molecule has 0 bridgehead atoms. The number of amides is 1. The van der Waals surface area contributed by atoms with E-state index >= 15 is 0 Å². The Balaban J connectivity index is 1.72. The van der Waals surface area contributed by atoms with Gasteiger partial charge < -0.3 is 14.4 Å². The number of halogens is 1. The lowest BCUT2D eigenvalue weighted by molar-refractivity contribution is 0.0507. The van der Waals surface area contributed by atoms with E-state index in [0.29, 0.717) is 31.2 Å². The maximum absolute atomic E-state index is 13.2. The average molecular weight is 385 g/mol. The van der Waals surface area contributed by atoms with E-state index in [1.165, 1.54) is 12.1 Å². The number of hydrogen-bond acceptors (Lipinski definition) is 3. The summed E-state index contributed by atoms with van der Waals surface area (Å²) >= 11 is 0. The molecule has 0 spiro atoms. The second-order valence-corrected chi connectivity index (χ2v) is 7.68. The van der Waals surface area contributed by atoms with Gasteiger partial charge >= 0.3 is 0 Å². The Hall–Kier alpha value is -2.40. The lowest BCUT2D eigenvalue weighted by atomic mass is 10.1. The van der Waals surface area contributed by atoms with Crippen LogP contribution in [0, 0.1) is 11.7 Å². The highest BCUT2D eigenvalue weighted by atomic mass is 19.1. The van der Waals surface area contributed by atoms with Gasteiger partial charge in [-0.1, -0.05) is 26.0 Å². The average Bonchev–Trinajstić information content (AvgIpc) is 3.20. The highest BCUT2D eigenvalue weighted by Gasteiger charge is 2.23. The van der Waals surface area contributed by atoms with E-state index in [9.17, 15) is 9.18 Å². The first-order chi connectivity index (χ1) is 13.5. The Morgan fingerprint density at radius 3 is 2.50 bits per heavy atom. The topological polar surface area (TPSA) is 38.8 Å². The van der Waals surface area contributed by atoms with E-state index in [1.54, 1.807) is 29.2 Å². The number of ether oxygens (including phenoxy) is 2. The van der Waals surface area contributed by atoms with Crippen LogP contribution in [0.5, 0.6) is 5.75 Å². The minimum Gasteiger partial charge on any atom is -0.493 e. The number of carbonyl (C=O) groups is 1. The van der Waals surface area contributed by atoms with Crippen molar-refractivity contribution in [2.24, 2.45) is 5.92 Å². The highest BCUT2D eigenvalue weighted by Crippen LogP contribution is 2.19. The van der Waals surface area contributed by atoms with E-state index in [1.807, 2.05) is 12.1 Å². The third-order valence-electron chi connectivity index (χ3n) is 4.71. The van der Waals surface area contributed by atoms with Crippen LogP contribution in [0.3, 0.4) is 0 Å². The van der Waals surface area contributed by atoms with Gasteiger partial charge in [-0.3, -0.25) is 4.79 Å². The fraction of sp³-hybridized carbons (Fsp3) is 0.435. The first-order valence-corrected chi connectivity index (χ1v) is 9.89. The zero-order valence-corrected chi connectivity index (χ0v) is 16.6. The molecule has 1 aliphatic heterocycles. The van der Waals surface area contributed by atoms with Crippen LogP contribution in [0.15, 0.2) is 48.5 Å². The maximum atomic E-state index is 13.2. The quantitative estimate of drug-likeness (QED) is 0.662. The minimum atomic E-state index is -0.280. The van der Waals surface area contributed by atoms with E-state index in [4.69, 9.17) is 9.47 Å². The van der Waals surface area contributed by atoms with Gasteiger partial charge in [0.25, 0.3) is 5.91 Å².